The second-order valence-electron chi connectivity index (χ2n) is 6.08. The summed E-state index contributed by atoms with van der Waals surface area (Å²) in [6.45, 7) is 0. The van der Waals surface area contributed by atoms with E-state index in [9.17, 15) is 0 Å². The van der Waals surface area contributed by atoms with E-state index in [4.69, 9.17) is 10.5 Å². The predicted molar refractivity (Wildman–Crippen MR) is 105 cm³/mol. The molecule has 3 heterocycles. The number of hydrogen-bond donors (Lipinski definition) is 1. The smallest absolute Gasteiger partial charge is 0.181 e. The maximum Gasteiger partial charge on any atom is 0.181 e. The highest BCUT2D eigenvalue weighted by atomic mass is 16.5. The van der Waals surface area contributed by atoms with Gasteiger partial charge in [-0.05, 0) is 42.5 Å². The molecule has 0 unspecified atom stereocenters. The van der Waals surface area contributed by atoms with Crippen LogP contribution in [0.1, 0.15) is 0 Å². The van der Waals surface area contributed by atoms with Gasteiger partial charge < -0.3 is 10.5 Å². The van der Waals surface area contributed by atoms with Crippen LogP contribution in [0.3, 0.4) is 0 Å². The minimum Gasteiger partial charge on any atom is -0.457 e. The molecule has 0 atom stereocenters. The highest BCUT2D eigenvalue weighted by molar-refractivity contribution is 5.94. The molecule has 0 saturated heterocycles. The number of para-hydroxylation sites is 1. The van der Waals surface area contributed by atoms with Crippen molar-refractivity contribution in [1.29, 1.82) is 0 Å². The Morgan fingerprint density at radius 2 is 1.68 bits per heavy atom. The SMILES string of the molecule is Nc1nn(-c2ccc(Oc3ccccc3)cc2)c2c(-n3cncn3)nccc12. The highest BCUT2D eigenvalue weighted by Crippen LogP contribution is 2.29. The Hall–Kier alpha value is -4.20. The fraction of sp³-hybridized carbons (Fsp3) is 0. The molecule has 28 heavy (non-hydrogen) atoms. The molecular formula is C20H15N7O. The van der Waals surface area contributed by atoms with Crippen molar-refractivity contribution in [1.82, 2.24) is 29.5 Å². The Balaban J connectivity index is 1.58. The van der Waals surface area contributed by atoms with Gasteiger partial charge >= 0.3 is 0 Å². The number of benzene rings is 2. The summed E-state index contributed by atoms with van der Waals surface area (Å²) in [5.74, 6) is 2.53. The molecule has 0 aliphatic carbocycles. The van der Waals surface area contributed by atoms with Crippen LogP contribution in [0.4, 0.5) is 5.82 Å². The molecule has 0 bridgehead atoms. The molecule has 0 fully saturated rings. The maximum absolute atomic E-state index is 6.14. The van der Waals surface area contributed by atoms with Crippen molar-refractivity contribution in [2.75, 3.05) is 5.73 Å². The summed E-state index contributed by atoms with van der Waals surface area (Å²) in [5.41, 5.74) is 7.72. The molecule has 0 aliphatic rings. The molecule has 0 aliphatic heterocycles. The first-order valence-corrected chi connectivity index (χ1v) is 8.61. The molecule has 136 valence electrons. The summed E-state index contributed by atoms with van der Waals surface area (Å²) >= 11 is 0. The van der Waals surface area contributed by atoms with Crippen LogP contribution in [0, 0.1) is 0 Å². The minimum atomic E-state index is 0.420. The van der Waals surface area contributed by atoms with Crippen LogP contribution < -0.4 is 10.5 Å². The summed E-state index contributed by atoms with van der Waals surface area (Å²) in [5, 5.41) is 9.48. The zero-order valence-electron chi connectivity index (χ0n) is 14.7. The van der Waals surface area contributed by atoms with Gasteiger partial charge in [-0.25, -0.2) is 19.3 Å². The van der Waals surface area contributed by atoms with Gasteiger partial charge in [0.25, 0.3) is 0 Å². The molecule has 0 amide bonds. The number of fused-ring (bicyclic) bond motifs is 1. The number of aromatic nitrogens is 6. The Morgan fingerprint density at radius 3 is 2.43 bits per heavy atom. The fourth-order valence-electron chi connectivity index (χ4n) is 3.02. The van der Waals surface area contributed by atoms with Crippen molar-refractivity contribution in [2.24, 2.45) is 0 Å². The second kappa shape index (κ2) is 6.51. The Bertz CT molecular complexity index is 1230. The van der Waals surface area contributed by atoms with E-state index < -0.39 is 0 Å². The summed E-state index contributed by atoms with van der Waals surface area (Å²) in [7, 11) is 0. The third-order valence-electron chi connectivity index (χ3n) is 4.30. The lowest BCUT2D eigenvalue weighted by Crippen LogP contribution is -2.04. The number of rotatable bonds is 4. The molecule has 8 nitrogen and oxygen atoms in total. The molecule has 8 heteroatoms. The minimum absolute atomic E-state index is 0.420. The van der Waals surface area contributed by atoms with Crippen molar-refractivity contribution >= 4 is 16.7 Å². The fourth-order valence-corrected chi connectivity index (χ4v) is 3.02. The number of ether oxygens (including phenoxy) is 1. The number of anilines is 1. The first kappa shape index (κ1) is 16.0. The van der Waals surface area contributed by atoms with E-state index in [1.165, 1.54) is 6.33 Å². The van der Waals surface area contributed by atoms with E-state index in [0.29, 0.717) is 11.6 Å². The molecule has 3 aromatic heterocycles. The summed E-state index contributed by atoms with van der Waals surface area (Å²) < 4.78 is 9.20. The molecule has 2 aromatic carbocycles. The summed E-state index contributed by atoms with van der Waals surface area (Å²) in [6, 6.07) is 19.1. The first-order valence-electron chi connectivity index (χ1n) is 8.61. The topological polar surface area (TPSA) is 96.7 Å². The monoisotopic (exact) mass is 369 g/mol. The van der Waals surface area contributed by atoms with E-state index in [0.717, 1.165) is 28.1 Å². The average molecular weight is 369 g/mol. The van der Waals surface area contributed by atoms with Crippen molar-refractivity contribution in [2.45, 2.75) is 0 Å². The normalized spacial score (nSPS) is 11.0. The van der Waals surface area contributed by atoms with Crippen LogP contribution in [0.5, 0.6) is 11.5 Å². The van der Waals surface area contributed by atoms with E-state index in [1.54, 1.807) is 21.9 Å². The van der Waals surface area contributed by atoms with Crippen molar-refractivity contribution in [3.05, 3.63) is 79.5 Å². The molecule has 5 aromatic rings. The number of nitrogens with two attached hydrogens (primary N) is 1. The maximum atomic E-state index is 6.14. The van der Waals surface area contributed by atoms with Gasteiger partial charge in [-0.15, -0.1) is 5.10 Å². The van der Waals surface area contributed by atoms with Crippen molar-refractivity contribution in [3.63, 3.8) is 0 Å². The largest absolute Gasteiger partial charge is 0.457 e. The van der Waals surface area contributed by atoms with Crippen LogP contribution in [-0.4, -0.2) is 29.5 Å². The van der Waals surface area contributed by atoms with Gasteiger partial charge in [-0.3, -0.25) is 0 Å². The van der Waals surface area contributed by atoms with Crippen molar-refractivity contribution in [3.8, 4) is 23.0 Å². The predicted octanol–water partition coefficient (Wildman–Crippen LogP) is 3.38. The third kappa shape index (κ3) is 2.73. The van der Waals surface area contributed by atoms with Gasteiger partial charge in [-0.1, -0.05) is 18.2 Å². The lowest BCUT2D eigenvalue weighted by Gasteiger charge is -2.09. The highest BCUT2D eigenvalue weighted by Gasteiger charge is 2.16. The molecule has 0 radical (unpaired) electrons. The van der Waals surface area contributed by atoms with Gasteiger partial charge in [0.05, 0.1) is 5.69 Å². The van der Waals surface area contributed by atoms with Crippen LogP contribution in [0.2, 0.25) is 0 Å². The van der Waals surface area contributed by atoms with E-state index in [-0.39, 0.29) is 0 Å². The molecule has 2 N–H and O–H groups in total. The van der Waals surface area contributed by atoms with E-state index in [2.05, 4.69) is 20.2 Å². The molecular weight excluding hydrogens is 354 g/mol. The Kier molecular flexibility index (Phi) is 3.72. The molecule has 0 spiro atoms. The quantitative estimate of drug-likeness (QED) is 0.522. The van der Waals surface area contributed by atoms with E-state index >= 15 is 0 Å². The lowest BCUT2D eigenvalue weighted by atomic mass is 10.2. The number of hydrogen-bond acceptors (Lipinski definition) is 6. The lowest BCUT2D eigenvalue weighted by molar-refractivity contribution is 0.482. The number of nitrogen functional groups attached to an aromatic ring is 1. The third-order valence-corrected chi connectivity index (χ3v) is 4.30. The van der Waals surface area contributed by atoms with E-state index in [1.807, 2.05) is 60.7 Å². The van der Waals surface area contributed by atoms with Gasteiger partial charge in [0.1, 0.15) is 29.7 Å². The standard InChI is InChI=1S/C20H15N7O/c21-19-17-10-11-23-20(26-13-22-12-24-26)18(17)27(25-19)14-6-8-16(9-7-14)28-15-4-2-1-3-5-15/h1-13H,(H2,21,25). The van der Waals surface area contributed by atoms with Crippen LogP contribution >= 0.6 is 0 Å². The second-order valence-corrected chi connectivity index (χ2v) is 6.08. The summed E-state index contributed by atoms with van der Waals surface area (Å²) in [4.78, 5) is 8.44. The van der Waals surface area contributed by atoms with Gasteiger partial charge in [-0.2, -0.15) is 5.10 Å². The zero-order chi connectivity index (χ0) is 18.9. The molecule has 5 rings (SSSR count). The number of pyridine rings is 1. The zero-order valence-corrected chi connectivity index (χ0v) is 14.7. The average Bonchev–Trinajstić information content (AvgIpc) is 3.38. The Morgan fingerprint density at radius 1 is 0.893 bits per heavy atom. The van der Waals surface area contributed by atoms with Gasteiger partial charge in [0.2, 0.25) is 0 Å². The number of nitrogens with zero attached hydrogens (tertiary/aromatic N) is 6. The van der Waals surface area contributed by atoms with Crippen LogP contribution in [0.15, 0.2) is 79.5 Å². The first-order chi connectivity index (χ1) is 13.8. The summed E-state index contributed by atoms with van der Waals surface area (Å²) in [6.07, 6.45) is 4.73. The Labute approximate surface area is 159 Å². The molecule has 0 saturated carbocycles. The van der Waals surface area contributed by atoms with Crippen LogP contribution in [0.25, 0.3) is 22.4 Å². The van der Waals surface area contributed by atoms with Crippen molar-refractivity contribution < 1.29 is 4.74 Å². The van der Waals surface area contributed by atoms with Crippen LogP contribution in [-0.2, 0) is 0 Å². The van der Waals surface area contributed by atoms with Gasteiger partial charge in [0.15, 0.2) is 11.6 Å². The van der Waals surface area contributed by atoms with Gasteiger partial charge in [0, 0.05) is 11.6 Å².